The number of hydrogen-bond donors (Lipinski definition) is 1. The molecule has 2 aliphatic rings. The first-order valence-corrected chi connectivity index (χ1v) is 9.70. The van der Waals surface area contributed by atoms with Crippen LogP contribution in [0.2, 0.25) is 0 Å². The van der Waals surface area contributed by atoms with Gasteiger partial charge in [-0.2, -0.15) is 13.2 Å². The van der Waals surface area contributed by atoms with Crippen LogP contribution in [-0.2, 0) is 20.9 Å². The van der Waals surface area contributed by atoms with Gasteiger partial charge in [0.15, 0.2) is 0 Å². The van der Waals surface area contributed by atoms with Gasteiger partial charge in [-0.1, -0.05) is 6.07 Å². The van der Waals surface area contributed by atoms with Gasteiger partial charge >= 0.3 is 12.1 Å². The fourth-order valence-corrected chi connectivity index (χ4v) is 3.45. The smallest absolute Gasteiger partial charge is 0.475 e. The Morgan fingerprint density at radius 2 is 1.88 bits per heavy atom. The molecule has 0 aromatic carbocycles. The minimum Gasteiger partial charge on any atom is -0.475 e. The molecule has 9 nitrogen and oxygen atoms in total. The Bertz CT molecular complexity index is 916. The summed E-state index contributed by atoms with van der Waals surface area (Å²) in [5.41, 5.74) is 0.604. The van der Waals surface area contributed by atoms with Crippen LogP contribution in [0.4, 0.5) is 13.2 Å². The zero-order valence-corrected chi connectivity index (χ0v) is 16.9. The van der Waals surface area contributed by atoms with Crippen molar-refractivity contribution in [2.24, 2.45) is 0 Å². The van der Waals surface area contributed by atoms with E-state index in [1.807, 2.05) is 18.2 Å². The lowest BCUT2D eigenvalue weighted by Gasteiger charge is -2.23. The molecular weight excluding hydrogens is 433 g/mol. The van der Waals surface area contributed by atoms with Gasteiger partial charge in [-0.15, -0.1) is 0 Å². The molecule has 12 heteroatoms. The van der Waals surface area contributed by atoms with Crippen molar-refractivity contribution >= 4 is 11.9 Å². The molecule has 2 aliphatic heterocycles. The van der Waals surface area contributed by atoms with Crippen LogP contribution in [0.1, 0.15) is 29.2 Å². The monoisotopic (exact) mass is 454 g/mol. The zero-order chi connectivity index (χ0) is 23.2. The van der Waals surface area contributed by atoms with Crippen LogP contribution in [0.5, 0.6) is 0 Å². The number of alkyl halides is 3. The van der Waals surface area contributed by atoms with Crippen LogP contribution in [-0.4, -0.2) is 74.4 Å². The van der Waals surface area contributed by atoms with E-state index in [2.05, 4.69) is 15.0 Å². The third-order valence-corrected chi connectivity index (χ3v) is 4.97. The molecule has 0 radical (unpaired) electrons. The second kappa shape index (κ2) is 10.0. The first kappa shape index (κ1) is 23.5. The molecule has 1 N–H and O–H groups in total. The van der Waals surface area contributed by atoms with E-state index in [0.717, 1.165) is 18.5 Å². The molecule has 2 aromatic heterocycles. The predicted octanol–water partition coefficient (Wildman–Crippen LogP) is 2.10. The second-order valence-electron chi connectivity index (χ2n) is 7.30. The van der Waals surface area contributed by atoms with Crippen LogP contribution >= 0.6 is 0 Å². The van der Waals surface area contributed by atoms with Crippen LogP contribution in [0.3, 0.4) is 0 Å². The predicted molar refractivity (Wildman–Crippen MR) is 102 cm³/mol. The van der Waals surface area contributed by atoms with Crippen molar-refractivity contribution in [3.63, 3.8) is 0 Å². The van der Waals surface area contributed by atoms with E-state index in [4.69, 9.17) is 19.4 Å². The summed E-state index contributed by atoms with van der Waals surface area (Å²) >= 11 is 0. The average Bonchev–Trinajstić information content (AvgIpc) is 3.39. The van der Waals surface area contributed by atoms with E-state index >= 15 is 0 Å². The van der Waals surface area contributed by atoms with Crippen LogP contribution < -0.4 is 0 Å². The number of hydrogen-bond acceptors (Lipinski definition) is 7. The number of carboxylic acid groups (broad SMARTS) is 1. The quantitative estimate of drug-likeness (QED) is 0.747. The lowest BCUT2D eigenvalue weighted by molar-refractivity contribution is -0.192. The number of pyridine rings is 1. The Labute approximate surface area is 181 Å². The average molecular weight is 454 g/mol. The number of aromatic nitrogens is 3. The van der Waals surface area contributed by atoms with E-state index in [1.54, 1.807) is 29.6 Å². The molecule has 2 aromatic rings. The number of halogens is 3. The summed E-state index contributed by atoms with van der Waals surface area (Å²) < 4.78 is 43.7. The van der Waals surface area contributed by atoms with Crippen LogP contribution in [0, 0.1) is 0 Å². The molecule has 2 saturated heterocycles. The lowest BCUT2D eigenvalue weighted by atomic mass is 9.98. The minimum absolute atomic E-state index is 0.0324. The van der Waals surface area contributed by atoms with E-state index in [0.29, 0.717) is 26.3 Å². The lowest BCUT2D eigenvalue weighted by Crippen LogP contribution is -2.36. The summed E-state index contributed by atoms with van der Waals surface area (Å²) in [4.78, 5) is 35.5. The molecule has 0 saturated carbocycles. The maximum absolute atomic E-state index is 12.5. The van der Waals surface area contributed by atoms with Crippen molar-refractivity contribution in [1.29, 1.82) is 0 Å². The maximum atomic E-state index is 12.5. The topological polar surface area (TPSA) is 115 Å². The Hall–Kier alpha value is -3.12. The molecule has 1 amide bonds. The summed E-state index contributed by atoms with van der Waals surface area (Å²) in [7, 11) is 0. The van der Waals surface area contributed by atoms with Crippen LogP contribution in [0.15, 0.2) is 42.9 Å². The van der Waals surface area contributed by atoms with Gasteiger partial charge in [0.2, 0.25) is 5.82 Å². The standard InChI is InChI=1S/C18H20N4O3.C2HF3O2/c23-17(16-20-7-3-8-21-16)22-9-5-18(13-22)10-15(12-25-18)24-11-14-4-1-2-6-19-14;3-2(4,5)1(6)7/h1-4,6-8,15H,5,9-13H2;(H,6,7)/t15-,18+;/m1./s1. The third-order valence-electron chi connectivity index (χ3n) is 4.97. The molecule has 4 heterocycles. The first-order chi connectivity index (χ1) is 15.2. The Balaban J connectivity index is 0.000000360. The van der Waals surface area contributed by atoms with Crippen molar-refractivity contribution in [3.8, 4) is 0 Å². The second-order valence-corrected chi connectivity index (χ2v) is 7.30. The van der Waals surface area contributed by atoms with E-state index < -0.39 is 12.1 Å². The number of carboxylic acids is 1. The summed E-state index contributed by atoms with van der Waals surface area (Å²) in [5.74, 6) is -2.66. The fraction of sp³-hybridized carbons (Fsp3) is 0.450. The molecule has 4 rings (SSSR count). The van der Waals surface area contributed by atoms with Gasteiger partial charge in [-0.25, -0.2) is 14.8 Å². The Morgan fingerprint density at radius 1 is 1.19 bits per heavy atom. The highest BCUT2D eigenvalue weighted by Gasteiger charge is 2.47. The van der Waals surface area contributed by atoms with Crippen molar-refractivity contribution in [3.05, 3.63) is 54.4 Å². The number of aliphatic carboxylic acids is 1. The fourth-order valence-electron chi connectivity index (χ4n) is 3.45. The number of ether oxygens (including phenoxy) is 2. The summed E-state index contributed by atoms with van der Waals surface area (Å²) in [5, 5.41) is 7.12. The molecule has 1 spiro atoms. The molecular formula is C20H21F3N4O5. The third kappa shape index (κ3) is 6.20. The Kier molecular flexibility index (Phi) is 7.36. The van der Waals surface area contributed by atoms with Gasteiger partial charge in [0.25, 0.3) is 5.91 Å². The number of nitrogens with zero attached hydrogens (tertiary/aromatic N) is 4. The molecule has 32 heavy (non-hydrogen) atoms. The highest BCUT2D eigenvalue weighted by molar-refractivity contribution is 5.90. The summed E-state index contributed by atoms with van der Waals surface area (Å²) in [6.07, 6.45) is 1.48. The van der Waals surface area contributed by atoms with Gasteiger partial charge in [0.05, 0.1) is 37.2 Å². The van der Waals surface area contributed by atoms with Crippen molar-refractivity contribution in [2.45, 2.75) is 37.3 Å². The van der Waals surface area contributed by atoms with Gasteiger partial charge in [0, 0.05) is 31.6 Å². The van der Waals surface area contributed by atoms with Gasteiger partial charge in [0.1, 0.15) is 0 Å². The summed E-state index contributed by atoms with van der Waals surface area (Å²) in [6, 6.07) is 7.48. The number of carbonyl (C=O) groups excluding carboxylic acids is 1. The molecule has 0 bridgehead atoms. The van der Waals surface area contributed by atoms with E-state index in [-0.39, 0.29) is 23.4 Å². The molecule has 0 unspecified atom stereocenters. The van der Waals surface area contributed by atoms with Gasteiger partial charge in [-0.05, 0) is 24.6 Å². The molecule has 172 valence electrons. The molecule has 2 atom stereocenters. The largest absolute Gasteiger partial charge is 0.490 e. The minimum atomic E-state index is -5.08. The number of amides is 1. The SMILES string of the molecule is O=C(O)C(F)(F)F.O=C(c1ncccn1)N1CC[C@]2(C[C@@H](OCc3ccccn3)CO2)C1. The van der Waals surface area contributed by atoms with Crippen molar-refractivity contribution in [1.82, 2.24) is 19.9 Å². The van der Waals surface area contributed by atoms with Crippen molar-refractivity contribution in [2.75, 3.05) is 19.7 Å². The highest BCUT2D eigenvalue weighted by Crippen LogP contribution is 2.36. The number of rotatable bonds is 4. The Morgan fingerprint density at radius 3 is 2.50 bits per heavy atom. The molecule has 2 fully saturated rings. The van der Waals surface area contributed by atoms with Crippen molar-refractivity contribution < 1.29 is 37.3 Å². The summed E-state index contributed by atoms with van der Waals surface area (Å²) in [6.45, 7) is 2.25. The zero-order valence-electron chi connectivity index (χ0n) is 16.9. The number of carbonyl (C=O) groups is 2. The van der Waals surface area contributed by atoms with Gasteiger partial charge < -0.3 is 19.5 Å². The molecule has 0 aliphatic carbocycles. The highest BCUT2D eigenvalue weighted by atomic mass is 19.4. The van der Waals surface area contributed by atoms with Crippen LogP contribution in [0.25, 0.3) is 0 Å². The number of likely N-dealkylation sites (tertiary alicyclic amines) is 1. The normalized spacial score (nSPS) is 22.5. The van der Waals surface area contributed by atoms with Gasteiger partial charge in [-0.3, -0.25) is 9.78 Å². The van der Waals surface area contributed by atoms with E-state index in [1.165, 1.54) is 0 Å². The first-order valence-electron chi connectivity index (χ1n) is 9.70. The maximum Gasteiger partial charge on any atom is 0.490 e. The van der Waals surface area contributed by atoms with E-state index in [9.17, 15) is 18.0 Å².